The van der Waals surface area contributed by atoms with Crippen LogP contribution in [-0.2, 0) is 16.1 Å². The minimum atomic E-state index is -0.280. The number of imide groups is 1. The summed E-state index contributed by atoms with van der Waals surface area (Å²) in [6.45, 7) is 7.47. The average molecular weight is 455 g/mol. The van der Waals surface area contributed by atoms with E-state index in [0.717, 1.165) is 29.0 Å². The van der Waals surface area contributed by atoms with Crippen molar-refractivity contribution >= 4 is 23.1 Å². The molecular formula is C29H30N2O3. The zero-order valence-electron chi connectivity index (χ0n) is 20.0. The topological polar surface area (TPSA) is 49.9 Å². The average Bonchev–Trinajstić information content (AvgIpc) is 3.10. The molecule has 3 aromatic carbocycles. The van der Waals surface area contributed by atoms with Gasteiger partial charge in [0.1, 0.15) is 11.4 Å². The highest BCUT2D eigenvalue weighted by Gasteiger charge is 2.41. The van der Waals surface area contributed by atoms with Gasteiger partial charge >= 0.3 is 0 Å². The number of hydrogen-bond acceptors (Lipinski definition) is 4. The maximum Gasteiger partial charge on any atom is 0.278 e. The summed E-state index contributed by atoms with van der Waals surface area (Å²) in [5, 5.41) is 0. The third-order valence-corrected chi connectivity index (χ3v) is 5.87. The lowest BCUT2D eigenvalue weighted by atomic mass is 10.0. The number of rotatable bonds is 9. The molecule has 0 bridgehead atoms. The van der Waals surface area contributed by atoms with E-state index in [1.165, 1.54) is 4.90 Å². The van der Waals surface area contributed by atoms with Gasteiger partial charge in [-0.2, -0.15) is 0 Å². The first-order chi connectivity index (χ1) is 16.5. The van der Waals surface area contributed by atoms with Crippen molar-refractivity contribution in [1.29, 1.82) is 0 Å². The van der Waals surface area contributed by atoms with Gasteiger partial charge in [-0.25, -0.2) is 0 Å². The van der Waals surface area contributed by atoms with Crippen molar-refractivity contribution in [2.75, 3.05) is 18.1 Å². The quantitative estimate of drug-likeness (QED) is 0.396. The van der Waals surface area contributed by atoms with Crippen LogP contribution in [0, 0.1) is 6.92 Å². The largest absolute Gasteiger partial charge is 0.494 e. The third-order valence-electron chi connectivity index (χ3n) is 5.87. The van der Waals surface area contributed by atoms with Gasteiger partial charge in [-0.1, -0.05) is 67.1 Å². The van der Waals surface area contributed by atoms with Crippen LogP contribution in [-0.4, -0.2) is 29.9 Å². The summed E-state index contributed by atoms with van der Waals surface area (Å²) in [6.07, 6.45) is 0.917. The number of anilines is 1. The van der Waals surface area contributed by atoms with Crippen molar-refractivity contribution in [1.82, 2.24) is 4.90 Å². The first-order valence-corrected chi connectivity index (χ1v) is 11.7. The fourth-order valence-electron chi connectivity index (χ4n) is 4.11. The minimum Gasteiger partial charge on any atom is -0.494 e. The lowest BCUT2D eigenvalue weighted by Crippen LogP contribution is -2.34. The van der Waals surface area contributed by atoms with Gasteiger partial charge in [0.2, 0.25) is 0 Å². The van der Waals surface area contributed by atoms with E-state index < -0.39 is 0 Å². The molecule has 0 fully saturated rings. The number of carbonyl (C=O) groups excluding carboxylic acids is 2. The molecule has 0 saturated heterocycles. The summed E-state index contributed by atoms with van der Waals surface area (Å²) in [5.74, 6) is 0.186. The second-order valence-electron chi connectivity index (χ2n) is 8.36. The molecule has 1 aliphatic rings. The lowest BCUT2D eigenvalue weighted by Gasteiger charge is -2.25. The van der Waals surface area contributed by atoms with E-state index in [1.807, 2.05) is 97.6 Å². The molecule has 5 nitrogen and oxygen atoms in total. The van der Waals surface area contributed by atoms with E-state index in [2.05, 4.69) is 6.92 Å². The molecule has 0 aliphatic carbocycles. The van der Waals surface area contributed by atoms with E-state index >= 15 is 0 Å². The van der Waals surface area contributed by atoms with Gasteiger partial charge in [-0.15, -0.1) is 0 Å². The lowest BCUT2D eigenvalue weighted by molar-refractivity contribution is -0.137. The predicted octanol–water partition coefficient (Wildman–Crippen LogP) is 5.59. The maximum absolute atomic E-state index is 13.7. The number of ether oxygens (including phenoxy) is 1. The molecule has 0 atom stereocenters. The van der Waals surface area contributed by atoms with Crippen LogP contribution in [0.15, 0.2) is 84.6 Å². The Kier molecular flexibility index (Phi) is 7.12. The molecule has 0 spiro atoms. The number of aryl methyl sites for hydroxylation is 1. The second-order valence-corrected chi connectivity index (χ2v) is 8.36. The van der Waals surface area contributed by atoms with Gasteiger partial charge in [0.15, 0.2) is 0 Å². The molecule has 0 N–H and O–H groups in total. The Morgan fingerprint density at radius 2 is 1.50 bits per heavy atom. The molecule has 1 aliphatic heterocycles. The van der Waals surface area contributed by atoms with Crippen molar-refractivity contribution in [3.8, 4) is 5.75 Å². The number of likely N-dealkylation sites (N-methyl/N-ethyl adjacent to an activating group) is 1. The number of benzene rings is 3. The Bertz CT molecular complexity index is 1180. The molecule has 34 heavy (non-hydrogen) atoms. The van der Waals surface area contributed by atoms with Gasteiger partial charge in [0, 0.05) is 12.2 Å². The normalized spacial score (nSPS) is 13.6. The van der Waals surface area contributed by atoms with Crippen molar-refractivity contribution in [2.24, 2.45) is 0 Å². The highest BCUT2D eigenvalue weighted by molar-refractivity contribution is 6.36. The fraction of sp³-hybridized carbons (Fsp3) is 0.241. The third kappa shape index (κ3) is 4.74. The zero-order chi connectivity index (χ0) is 24.1. The summed E-state index contributed by atoms with van der Waals surface area (Å²) in [4.78, 5) is 30.7. The Balaban J connectivity index is 1.76. The van der Waals surface area contributed by atoms with Crippen LogP contribution in [0.3, 0.4) is 0 Å². The number of carbonyl (C=O) groups is 2. The smallest absolute Gasteiger partial charge is 0.278 e. The predicted molar refractivity (Wildman–Crippen MR) is 135 cm³/mol. The van der Waals surface area contributed by atoms with E-state index in [4.69, 9.17) is 4.74 Å². The molecule has 2 amide bonds. The highest BCUT2D eigenvalue weighted by atomic mass is 16.5. The number of hydrogen-bond donors (Lipinski definition) is 0. The first-order valence-electron chi connectivity index (χ1n) is 11.7. The van der Waals surface area contributed by atoms with Crippen LogP contribution >= 0.6 is 0 Å². The van der Waals surface area contributed by atoms with Gasteiger partial charge in [0.05, 0.1) is 18.7 Å². The number of nitrogens with zero attached hydrogens (tertiary/aromatic N) is 2. The summed E-state index contributed by atoms with van der Waals surface area (Å²) >= 11 is 0. The Labute approximate surface area is 201 Å². The van der Waals surface area contributed by atoms with Crippen LogP contribution in [0.5, 0.6) is 5.75 Å². The van der Waals surface area contributed by atoms with Crippen LogP contribution < -0.4 is 9.64 Å². The van der Waals surface area contributed by atoms with Crippen molar-refractivity contribution in [3.05, 3.63) is 101 Å². The van der Waals surface area contributed by atoms with Gasteiger partial charge in [-0.3, -0.25) is 14.5 Å². The molecule has 0 saturated carbocycles. The van der Waals surface area contributed by atoms with Crippen LogP contribution in [0.4, 0.5) is 5.69 Å². The molecule has 0 unspecified atom stereocenters. The summed E-state index contributed by atoms with van der Waals surface area (Å²) in [6, 6.07) is 25.1. The van der Waals surface area contributed by atoms with Crippen LogP contribution in [0.2, 0.25) is 0 Å². The molecular weight excluding hydrogens is 424 g/mol. The summed E-state index contributed by atoms with van der Waals surface area (Å²) in [7, 11) is 0. The van der Waals surface area contributed by atoms with E-state index in [9.17, 15) is 9.59 Å². The van der Waals surface area contributed by atoms with Gasteiger partial charge < -0.3 is 9.64 Å². The van der Waals surface area contributed by atoms with E-state index in [1.54, 1.807) is 0 Å². The SMILES string of the molecule is CCCOc1ccc(C2=C(N(CC)c3ccccc3)C(=O)N(Cc3ccc(C)cc3)C2=O)cc1. The maximum atomic E-state index is 13.7. The van der Waals surface area contributed by atoms with E-state index in [0.29, 0.717) is 30.0 Å². The molecule has 1 heterocycles. The van der Waals surface area contributed by atoms with Crippen molar-refractivity contribution < 1.29 is 14.3 Å². The molecule has 0 aromatic heterocycles. The monoisotopic (exact) mass is 454 g/mol. The number of para-hydroxylation sites is 1. The summed E-state index contributed by atoms with van der Waals surface area (Å²) < 4.78 is 5.71. The van der Waals surface area contributed by atoms with Crippen LogP contribution in [0.25, 0.3) is 5.57 Å². The Morgan fingerprint density at radius 3 is 2.12 bits per heavy atom. The molecule has 174 valence electrons. The summed E-state index contributed by atoms with van der Waals surface area (Å²) in [5.41, 5.74) is 4.46. The highest BCUT2D eigenvalue weighted by Crippen LogP contribution is 2.35. The van der Waals surface area contributed by atoms with Gasteiger partial charge in [0.25, 0.3) is 11.8 Å². The van der Waals surface area contributed by atoms with E-state index in [-0.39, 0.29) is 18.4 Å². The van der Waals surface area contributed by atoms with Crippen molar-refractivity contribution in [3.63, 3.8) is 0 Å². The molecule has 3 aromatic rings. The standard InChI is InChI=1S/C29H30N2O3/c1-4-19-34-25-17-15-23(16-18-25)26-27(30(5-2)24-9-7-6-8-10-24)29(33)31(28(26)32)20-22-13-11-21(3)12-14-22/h6-18H,4-5,19-20H2,1-3H3. The Hall–Kier alpha value is -3.86. The fourth-order valence-corrected chi connectivity index (χ4v) is 4.11. The number of amides is 2. The minimum absolute atomic E-state index is 0.231. The zero-order valence-corrected chi connectivity index (χ0v) is 20.0. The molecule has 5 heteroatoms. The first kappa shape index (κ1) is 23.3. The molecule has 0 radical (unpaired) electrons. The Morgan fingerprint density at radius 1 is 0.824 bits per heavy atom. The van der Waals surface area contributed by atoms with Gasteiger partial charge in [-0.05, 0) is 55.7 Å². The second kappa shape index (κ2) is 10.4. The van der Waals surface area contributed by atoms with Crippen molar-refractivity contribution in [2.45, 2.75) is 33.7 Å². The van der Waals surface area contributed by atoms with Crippen LogP contribution in [0.1, 0.15) is 37.0 Å². The molecule has 4 rings (SSSR count).